The number of likely N-dealkylation sites (N-methyl/N-ethyl adjacent to an activating group) is 1. The molecule has 0 atom stereocenters. The van der Waals surface area contributed by atoms with E-state index < -0.39 is 5.63 Å². The Morgan fingerprint density at radius 1 is 1.00 bits per heavy atom. The van der Waals surface area contributed by atoms with Gasteiger partial charge in [-0.3, -0.25) is 5.01 Å². The molecule has 7 nitrogen and oxygen atoms in total. The van der Waals surface area contributed by atoms with E-state index in [9.17, 15) is 4.79 Å². The van der Waals surface area contributed by atoms with Crippen molar-refractivity contribution in [2.75, 3.05) is 33.2 Å². The van der Waals surface area contributed by atoms with E-state index in [0.29, 0.717) is 16.8 Å². The van der Waals surface area contributed by atoms with Crippen molar-refractivity contribution in [3.05, 3.63) is 82.8 Å². The minimum absolute atomic E-state index is 0.411. The van der Waals surface area contributed by atoms with Gasteiger partial charge in [-0.25, -0.2) is 9.48 Å². The number of hydrogen-bond acceptors (Lipinski definition) is 6. The Bertz CT molecular complexity index is 1280. The van der Waals surface area contributed by atoms with Gasteiger partial charge in [0.25, 0.3) is 0 Å². The average molecular weight is 413 g/mol. The van der Waals surface area contributed by atoms with Crippen molar-refractivity contribution in [1.82, 2.24) is 19.7 Å². The van der Waals surface area contributed by atoms with Gasteiger partial charge in [0.15, 0.2) is 0 Å². The Morgan fingerprint density at radius 2 is 1.74 bits per heavy atom. The van der Waals surface area contributed by atoms with Crippen molar-refractivity contribution < 1.29 is 4.42 Å². The fourth-order valence-corrected chi connectivity index (χ4v) is 3.69. The summed E-state index contributed by atoms with van der Waals surface area (Å²) in [6, 6.07) is 19.1. The molecule has 0 aliphatic carbocycles. The molecule has 7 heteroatoms. The molecule has 1 aliphatic heterocycles. The third kappa shape index (κ3) is 4.00. The first-order valence-electron chi connectivity index (χ1n) is 10.3. The number of para-hydroxylation sites is 2. The summed E-state index contributed by atoms with van der Waals surface area (Å²) in [6.45, 7) is 3.68. The van der Waals surface area contributed by atoms with Crippen LogP contribution in [0.25, 0.3) is 27.9 Å². The minimum Gasteiger partial charge on any atom is -0.422 e. The van der Waals surface area contributed by atoms with Crippen LogP contribution in [0.2, 0.25) is 0 Å². The summed E-state index contributed by atoms with van der Waals surface area (Å²) in [7, 11) is 2.11. The van der Waals surface area contributed by atoms with Gasteiger partial charge in [-0.2, -0.15) is 10.2 Å². The highest BCUT2D eigenvalue weighted by Crippen LogP contribution is 2.24. The maximum atomic E-state index is 12.8. The molecule has 31 heavy (non-hydrogen) atoms. The van der Waals surface area contributed by atoms with E-state index in [1.54, 1.807) is 17.0 Å². The quantitative estimate of drug-likeness (QED) is 0.380. The zero-order valence-corrected chi connectivity index (χ0v) is 17.3. The second-order valence-corrected chi connectivity index (χ2v) is 7.70. The summed E-state index contributed by atoms with van der Waals surface area (Å²) in [5.74, 6) is 0. The van der Waals surface area contributed by atoms with Gasteiger partial charge in [-0.05, 0) is 31.3 Å². The van der Waals surface area contributed by atoms with Gasteiger partial charge in [0.05, 0.1) is 17.5 Å². The SMILES string of the molecule is CN1CCN(N=Cc2cn(-c3ccccc3)nc2-c2cc3ccccc3oc2=O)CC1. The second-order valence-electron chi connectivity index (χ2n) is 7.70. The first kappa shape index (κ1) is 19.3. The maximum Gasteiger partial charge on any atom is 0.345 e. The molecule has 4 aromatic rings. The molecule has 1 fully saturated rings. The number of hydrogen-bond donors (Lipinski definition) is 0. The number of aromatic nitrogens is 2. The highest BCUT2D eigenvalue weighted by Gasteiger charge is 2.17. The predicted molar refractivity (Wildman–Crippen MR) is 122 cm³/mol. The Morgan fingerprint density at radius 3 is 2.55 bits per heavy atom. The van der Waals surface area contributed by atoms with Crippen LogP contribution in [-0.4, -0.2) is 59.1 Å². The minimum atomic E-state index is -0.411. The normalized spacial score (nSPS) is 15.2. The van der Waals surface area contributed by atoms with Gasteiger partial charge in [0, 0.05) is 43.3 Å². The molecule has 0 saturated carbocycles. The fraction of sp³-hybridized carbons (Fsp3) is 0.208. The molecule has 156 valence electrons. The van der Waals surface area contributed by atoms with Crippen LogP contribution in [0.1, 0.15) is 5.56 Å². The summed E-state index contributed by atoms with van der Waals surface area (Å²) in [4.78, 5) is 15.1. The molecule has 0 bridgehead atoms. The van der Waals surface area contributed by atoms with E-state index in [4.69, 9.17) is 9.52 Å². The van der Waals surface area contributed by atoms with E-state index in [-0.39, 0.29) is 0 Å². The zero-order chi connectivity index (χ0) is 21.2. The van der Waals surface area contributed by atoms with Crippen LogP contribution in [-0.2, 0) is 0 Å². The first-order chi connectivity index (χ1) is 15.2. The number of rotatable bonds is 4. The fourth-order valence-electron chi connectivity index (χ4n) is 3.69. The largest absolute Gasteiger partial charge is 0.422 e. The maximum absolute atomic E-state index is 12.8. The number of piperazine rings is 1. The molecule has 0 spiro atoms. The molecule has 1 saturated heterocycles. The van der Waals surface area contributed by atoms with Gasteiger partial charge < -0.3 is 9.32 Å². The van der Waals surface area contributed by atoms with Crippen LogP contribution < -0.4 is 5.63 Å². The van der Waals surface area contributed by atoms with Gasteiger partial charge in [0.1, 0.15) is 11.3 Å². The van der Waals surface area contributed by atoms with Crippen LogP contribution in [0.3, 0.4) is 0 Å². The van der Waals surface area contributed by atoms with E-state index in [2.05, 4.69) is 17.0 Å². The van der Waals surface area contributed by atoms with Crippen molar-refractivity contribution in [2.45, 2.75) is 0 Å². The van der Waals surface area contributed by atoms with Crippen LogP contribution in [0.15, 0.2) is 81.2 Å². The molecule has 0 amide bonds. The van der Waals surface area contributed by atoms with Gasteiger partial charge in [-0.15, -0.1) is 0 Å². The highest BCUT2D eigenvalue weighted by molar-refractivity contribution is 5.90. The summed E-state index contributed by atoms with van der Waals surface area (Å²) in [5, 5.41) is 12.3. The van der Waals surface area contributed by atoms with Gasteiger partial charge >= 0.3 is 5.63 Å². The lowest BCUT2D eigenvalue weighted by Crippen LogP contribution is -2.41. The van der Waals surface area contributed by atoms with Crippen LogP contribution >= 0.6 is 0 Å². The van der Waals surface area contributed by atoms with Crippen molar-refractivity contribution in [1.29, 1.82) is 0 Å². The molecule has 1 aliphatic rings. The molecular weight excluding hydrogens is 390 g/mol. The molecule has 3 heterocycles. The van der Waals surface area contributed by atoms with E-state index in [1.807, 2.05) is 65.8 Å². The summed E-state index contributed by atoms with van der Waals surface area (Å²) in [6.07, 6.45) is 3.70. The van der Waals surface area contributed by atoms with Crippen LogP contribution in [0.4, 0.5) is 0 Å². The van der Waals surface area contributed by atoms with Crippen molar-refractivity contribution in [3.8, 4) is 16.9 Å². The van der Waals surface area contributed by atoms with E-state index >= 15 is 0 Å². The number of fused-ring (bicyclic) bond motifs is 1. The molecule has 0 N–H and O–H groups in total. The second kappa shape index (κ2) is 8.20. The molecule has 0 radical (unpaired) electrons. The molecular formula is C24H23N5O2. The van der Waals surface area contributed by atoms with Crippen molar-refractivity contribution in [2.24, 2.45) is 5.10 Å². The van der Waals surface area contributed by atoms with Crippen LogP contribution in [0, 0.1) is 0 Å². The Balaban J connectivity index is 1.59. The van der Waals surface area contributed by atoms with Gasteiger partial charge in [0.2, 0.25) is 0 Å². The summed E-state index contributed by atoms with van der Waals surface area (Å²) >= 11 is 0. The van der Waals surface area contributed by atoms with Gasteiger partial charge in [-0.1, -0.05) is 36.4 Å². The topological polar surface area (TPSA) is 66.9 Å². The number of nitrogens with zero attached hydrogens (tertiary/aromatic N) is 5. The lowest BCUT2D eigenvalue weighted by Gasteiger charge is -2.30. The first-order valence-corrected chi connectivity index (χ1v) is 10.3. The molecule has 2 aromatic heterocycles. The zero-order valence-electron chi connectivity index (χ0n) is 17.3. The Labute approximate surface area is 179 Å². The predicted octanol–water partition coefficient (Wildman–Crippen LogP) is 3.23. The Hall–Kier alpha value is -3.71. The number of hydrazone groups is 1. The average Bonchev–Trinajstić information content (AvgIpc) is 3.23. The van der Waals surface area contributed by atoms with E-state index in [0.717, 1.165) is 42.8 Å². The summed E-state index contributed by atoms with van der Waals surface area (Å²) < 4.78 is 7.33. The monoisotopic (exact) mass is 413 g/mol. The number of benzene rings is 2. The standard InChI is InChI=1S/C24H23N5O2/c1-27-11-13-28(14-12-27)25-16-19-17-29(20-8-3-2-4-9-20)26-23(19)21-15-18-7-5-6-10-22(18)31-24(21)30/h2-10,15-17H,11-14H2,1H3. The lowest BCUT2D eigenvalue weighted by atomic mass is 10.1. The smallest absolute Gasteiger partial charge is 0.345 e. The van der Waals surface area contributed by atoms with Crippen LogP contribution in [0.5, 0.6) is 0 Å². The lowest BCUT2D eigenvalue weighted by molar-refractivity contribution is 0.159. The Kier molecular flexibility index (Phi) is 5.09. The molecule has 0 unspecified atom stereocenters. The molecule has 2 aromatic carbocycles. The van der Waals surface area contributed by atoms with E-state index in [1.165, 1.54) is 0 Å². The molecule has 5 rings (SSSR count). The third-order valence-corrected chi connectivity index (χ3v) is 5.50. The van der Waals surface area contributed by atoms with Crippen molar-refractivity contribution >= 4 is 17.2 Å². The third-order valence-electron chi connectivity index (χ3n) is 5.50. The summed E-state index contributed by atoms with van der Waals surface area (Å²) in [5.41, 5.74) is 2.81. The highest BCUT2D eigenvalue weighted by atomic mass is 16.4. The van der Waals surface area contributed by atoms with Crippen molar-refractivity contribution in [3.63, 3.8) is 0 Å².